The molecule has 0 aromatic carbocycles. The van der Waals surface area contributed by atoms with E-state index in [-0.39, 0.29) is 24.0 Å². The lowest BCUT2D eigenvalue weighted by atomic mass is 9.93. The van der Waals surface area contributed by atoms with Crippen LogP contribution in [0.2, 0.25) is 0 Å². The minimum absolute atomic E-state index is 0. The highest BCUT2D eigenvalue weighted by atomic mass is 127. The molecule has 2 heterocycles. The molecule has 0 radical (unpaired) electrons. The van der Waals surface area contributed by atoms with E-state index in [1.54, 1.807) is 7.05 Å². The summed E-state index contributed by atoms with van der Waals surface area (Å²) in [4.78, 5) is 10.3. The molecule has 1 aliphatic rings. The lowest BCUT2D eigenvalue weighted by Gasteiger charge is -2.31. The summed E-state index contributed by atoms with van der Waals surface area (Å²) in [6, 6.07) is 0. The van der Waals surface area contributed by atoms with Crippen LogP contribution in [-0.4, -0.2) is 55.6 Å². The van der Waals surface area contributed by atoms with E-state index < -0.39 is 11.9 Å². The predicted octanol–water partition coefficient (Wildman–Crippen LogP) is 3.61. The van der Waals surface area contributed by atoms with Gasteiger partial charge in [-0.3, -0.25) is 4.99 Å². The second-order valence-electron chi connectivity index (χ2n) is 6.47. The van der Waals surface area contributed by atoms with Crippen LogP contribution in [0.3, 0.4) is 0 Å². The average Bonchev–Trinajstić information content (AvgIpc) is 3.10. The van der Waals surface area contributed by atoms with E-state index in [4.69, 9.17) is 0 Å². The molecule has 0 unspecified atom stereocenters. The van der Waals surface area contributed by atoms with Gasteiger partial charge in [0.05, 0.1) is 5.01 Å². The van der Waals surface area contributed by atoms with E-state index in [1.807, 2.05) is 0 Å². The van der Waals surface area contributed by atoms with Crippen LogP contribution in [0.5, 0.6) is 0 Å². The second-order valence-corrected chi connectivity index (χ2v) is 7.41. The number of likely N-dealkylation sites (tertiary alicyclic amines) is 1. The van der Waals surface area contributed by atoms with Crippen molar-refractivity contribution in [3.63, 3.8) is 0 Å². The van der Waals surface area contributed by atoms with Crippen LogP contribution in [0.4, 0.5) is 13.2 Å². The predicted molar refractivity (Wildman–Crippen MR) is 115 cm³/mol. The molecule has 1 aromatic heterocycles. The number of rotatable bonds is 7. The summed E-state index contributed by atoms with van der Waals surface area (Å²) in [5.74, 6) is 1.43. The first kappa shape index (κ1) is 24.4. The summed E-state index contributed by atoms with van der Waals surface area (Å²) >= 11 is 1.04. The fraction of sp³-hybridized carbons (Fsp3) is 0.765. The van der Waals surface area contributed by atoms with Gasteiger partial charge >= 0.3 is 6.18 Å². The van der Waals surface area contributed by atoms with Gasteiger partial charge in [0.15, 0.2) is 11.7 Å². The van der Waals surface area contributed by atoms with Crippen LogP contribution in [0, 0.1) is 5.92 Å². The summed E-state index contributed by atoms with van der Waals surface area (Å²) < 4.78 is 37.6. The van der Waals surface area contributed by atoms with Crippen molar-refractivity contribution < 1.29 is 13.2 Å². The topological polar surface area (TPSA) is 52.5 Å². The highest BCUT2D eigenvalue weighted by Gasteiger charge is 2.33. The highest BCUT2D eigenvalue weighted by molar-refractivity contribution is 14.0. The normalized spacial score (nSPS) is 16.9. The van der Waals surface area contributed by atoms with Gasteiger partial charge in [-0.2, -0.15) is 13.2 Å². The summed E-state index contributed by atoms with van der Waals surface area (Å²) in [6.07, 6.45) is -0.329. The number of hydrogen-bond acceptors (Lipinski definition) is 4. The monoisotopic (exact) mass is 519 g/mol. The van der Waals surface area contributed by atoms with Gasteiger partial charge < -0.3 is 15.5 Å². The van der Waals surface area contributed by atoms with Gasteiger partial charge in [0, 0.05) is 31.9 Å². The number of thiazole rings is 1. The average molecular weight is 519 g/mol. The standard InChI is InChI=1S/C17H28F3N5S.HI/c1-3-25-10-6-13(7-11-25)4-8-22-16(21-2)23-9-5-15-24-14(12-26-15)17(18,19)20;/h12-13H,3-11H2,1-2H3,(H2,21,22,23);1H. The molecule has 0 bridgehead atoms. The lowest BCUT2D eigenvalue weighted by Crippen LogP contribution is -2.40. The molecule has 2 rings (SSSR count). The molecule has 0 spiro atoms. The molecular weight excluding hydrogens is 490 g/mol. The third kappa shape index (κ3) is 8.51. The molecule has 5 nitrogen and oxygen atoms in total. The molecule has 0 atom stereocenters. The van der Waals surface area contributed by atoms with Crippen LogP contribution in [0.1, 0.15) is 36.9 Å². The van der Waals surface area contributed by atoms with Gasteiger partial charge in [0.25, 0.3) is 0 Å². The molecule has 1 aliphatic heterocycles. The third-order valence-electron chi connectivity index (χ3n) is 4.70. The van der Waals surface area contributed by atoms with Gasteiger partial charge in [-0.1, -0.05) is 6.92 Å². The SMILES string of the molecule is CCN1CCC(CCNC(=NC)NCCc2nc(C(F)(F)F)cs2)CC1.I. The summed E-state index contributed by atoms with van der Waals surface area (Å²) in [5, 5.41) is 7.96. The fourth-order valence-corrected chi connectivity index (χ4v) is 3.86. The molecule has 1 saturated heterocycles. The quantitative estimate of drug-likeness (QED) is 0.329. The van der Waals surface area contributed by atoms with Gasteiger partial charge in [-0.15, -0.1) is 35.3 Å². The van der Waals surface area contributed by atoms with Crippen molar-refractivity contribution in [2.45, 2.75) is 38.8 Å². The zero-order valence-electron chi connectivity index (χ0n) is 15.8. The van der Waals surface area contributed by atoms with E-state index in [9.17, 15) is 13.2 Å². The Hall–Kier alpha value is -0.620. The molecule has 27 heavy (non-hydrogen) atoms. The Labute approximate surface area is 180 Å². The van der Waals surface area contributed by atoms with E-state index in [0.29, 0.717) is 23.9 Å². The highest BCUT2D eigenvalue weighted by Crippen LogP contribution is 2.30. The Morgan fingerprint density at radius 3 is 2.52 bits per heavy atom. The zero-order chi connectivity index (χ0) is 19.0. The van der Waals surface area contributed by atoms with Crippen LogP contribution in [0.25, 0.3) is 0 Å². The minimum atomic E-state index is -4.37. The van der Waals surface area contributed by atoms with Crippen LogP contribution >= 0.6 is 35.3 Å². The van der Waals surface area contributed by atoms with Crippen LogP contribution in [0.15, 0.2) is 10.4 Å². The molecule has 0 saturated carbocycles. The number of alkyl halides is 3. The molecule has 0 aliphatic carbocycles. The number of halogens is 4. The first-order chi connectivity index (χ1) is 12.4. The first-order valence-corrected chi connectivity index (χ1v) is 9.98. The Morgan fingerprint density at radius 2 is 1.96 bits per heavy atom. The van der Waals surface area contributed by atoms with Gasteiger partial charge in [0.1, 0.15) is 0 Å². The maximum Gasteiger partial charge on any atom is 0.434 e. The van der Waals surface area contributed by atoms with Crippen molar-refractivity contribution in [2.24, 2.45) is 10.9 Å². The molecule has 1 fully saturated rings. The van der Waals surface area contributed by atoms with Gasteiger partial charge in [0.2, 0.25) is 0 Å². The van der Waals surface area contributed by atoms with Gasteiger partial charge in [-0.05, 0) is 44.8 Å². The number of piperidine rings is 1. The second kappa shape index (κ2) is 12.1. The summed E-state index contributed by atoms with van der Waals surface area (Å²) in [7, 11) is 1.69. The molecule has 156 valence electrons. The van der Waals surface area contributed by atoms with Crippen LogP contribution < -0.4 is 10.6 Å². The molecule has 10 heteroatoms. The minimum Gasteiger partial charge on any atom is -0.356 e. The molecule has 2 N–H and O–H groups in total. The van der Waals surface area contributed by atoms with E-state index in [2.05, 4.69) is 32.4 Å². The lowest BCUT2D eigenvalue weighted by molar-refractivity contribution is -0.140. The maximum absolute atomic E-state index is 12.5. The van der Waals surface area contributed by atoms with Crippen molar-refractivity contribution in [1.82, 2.24) is 20.5 Å². The van der Waals surface area contributed by atoms with E-state index in [1.165, 1.54) is 25.9 Å². The molecule has 0 amide bonds. The first-order valence-electron chi connectivity index (χ1n) is 9.10. The molecular formula is C17H29F3IN5S. The van der Waals surface area contributed by atoms with Crippen molar-refractivity contribution in [3.8, 4) is 0 Å². The van der Waals surface area contributed by atoms with Gasteiger partial charge in [-0.25, -0.2) is 4.98 Å². The summed E-state index contributed by atoms with van der Waals surface area (Å²) in [6.45, 7) is 7.05. The number of nitrogens with zero attached hydrogens (tertiary/aromatic N) is 3. The number of aromatic nitrogens is 1. The maximum atomic E-state index is 12.5. The Balaban J connectivity index is 0.00000364. The van der Waals surface area contributed by atoms with Crippen molar-refractivity contribution in [3.05, 3.63) is 16.1 Å². The smallest absolute Gasteiger partial charge is 0.356 e. The number of aliphatic imine (C=N–C) groups is 1. The molecule has 1 aromatic rings. The van der Waals surface area contributed by atoms with Crippen LogP contribution in [-0.2, 0) is 12.6 Å². The van der Waals surface area contributed by atoms with E-state index in [0.717, 1.165) is 42.1 Å². The van der Waals surface area contributed by atoms with E-state index >= 15 is 0 Å². The van der Waals surface area contributed by atoms with Crippen molar-refractivity contribution in [2.75, 3.05) is 39.8 Å². The zero-order valence-corrected chi connectivity index (χ0v) is 19.0. The Bertz CT molecular complexity index is 571. The number of hydrogen-bond donors (Lipinski definition) is 2. The fourth-order valence-electron chi connectivity index (χ4n) is 3.05. The number of guanidine groups is 1. The largest absolute Gasteiger partial charge is 0.434 e. The summed E-state index contributed by atoms with van der Waals surface area (Å²) in [5.41, 5.74) is -0.811. The van der Waals surface area contributed by atoms with Crippen molar-refractivity contribution >= 4 is 41.3 Å². The number of nitrogens with one attached hydrogen (secondary N) is 2. The third-order valence-corrected chi connectivity index (χ3v) is 5.61. The Morgan fingerprint density at radius 1 is 1.30 bits per heavy atom. The Kier molecular flexibility index (Phi) is 10.9. The van der Waals surface area contributed by atoms with Crippen molar-refractivity contribution in [1.29, 1.82) is 0 Å².